The first kappa shape index (κ1) is 17.8. The highest BCUT2D eigenvalue weighted by Gasteiger charge is 2.29. The molecule has 0 aliphatic rings. The summed E-state index contributed by atoms with van der Waals surface area (Å²) in [5.41, 5.74) is -1.26. The van der Waals surface area contributed by atoms with Crippen LogP contribution in [0.15, 0.2) is 23.1 Å². The van der Waals surface area contributed by atoms with Crippen LogP contribution in [0.4, 0.5) is 0 Å². The van der Waals surface area contributed by atoms with Gasteiger partial charge in [-0.1, -0.05) is 11.3 Å². The molecule has 2 N–H and O–H groups in total. The van der Waals surface area contributed by atoms with Gasteiger partial charge in [-0.2, -0.15) is 5.10 Å². The molecule has 8 nitrogen and oxygen atoms in total. The Balaban J connectivity index is 2.23. The van der Waals surface area contributed by atoms with Gasteiger partial charge in [-0.15, -0.1) is 0 Å². The van der Waals surface area contributed by atoms with Gasteiger partial charge in [0.1, 0.15) is 21.3 Å². The van der Waals surface area contributed by atoms with Crippen molar-refractivity contribution in [2.75, 3.05) is 12.8 Å². The third-order valence-electron chi connectivity index (χ3n) is 4.11. The van der Waals surface area contributed by atoms with E-state index in [1.54, 1.807) is 20.8 Å². The molecule has 0 aliphatic heterocycles. The predicted octanol–water partition coefficient (Wildman–Crippen LogP) is 2.55. The Labute approximate surface area is 177 Å². The van der Waals surface area contributed by atoms with Crippen LogP contribution in [0.2, 0.25) is 0 Å². The van der Waals surface area contributed by atoms with Crippen molar-refractivity contribution in [2.24, 2.45) is 0 Å². The summed E-state index contributed by atoms with van der Waals surface area (Å²) in [6.07, 6.45) is 0. The fourth-order valence-electron chi connectivity index (χ4n) is 2.95. The predicted molar refractivity (Wildman–Crippen MR) is 111 cm³/mol. The first-order valence-corrected chi connectivity index (χ1v) is 11.2. The number of methoxy groups -OCH3 is 1. The average Bonchev–Trinajstić information content (AvgIpc) is 3.08. The van der Waals surface area contributed by atoms with E-state index >= 15 is 0 Å². The minimum Gasteiger partial charge on any atom is -0.495 e. The lowest BCUT2D eigenvalue weighted by Crippen LogP contribution is -2.30. The smallest absolute Gasteiger partial charge is 0.213 e. The van der Waals surface area contributed by atoms with E-state index in [2.05, 4.69) is 10.1 Å². The summed E-state index contributed by atoms with van der Waals surface area (Å²) >= 11 is 1.20. The number of aliphatic hydroxyl groups is 2. The van der Waals surface area contributed by atoms with Crippen molar-refractivity contribution < 1.29 is 27.5 Å². The number of benzene rings is 1. The van der Waals surface area contributed by atoms with Crippen LogP contribution in [0.5, 0.6) is 5.75 Å². The van der Waals surface area contributed by atoms with Gasteiger partial charge in [0.15, 0.2) is 9.84 Å². The standard InChI is InChI=1S/C19H25N3O5S2/c1-11-15(22-17(20-11)28-16(21-22)19(4,5)24)12-7-8-13(27-6)14(9-12)29(25,26)10-18(2,3)23/h7-9,23-24H,10H2,1-6H3/i6D3. The molecule has 0 spiro atoms. The summed E-state index contributed by atoms with van der Waals surface area (Å²) in [6, 6.07) is 4.08. The van der Waals surface area contributed by atoms with Gasteiger partial charge in [-0.25, -0.2) is 17.9 Å². The number of hydrogen-bond donors (Lipinski definition) is 2. The van der Waals surface area contributed by atoms with Gasteiger partial charge in [-0.05, 0) is 52.8 Å². The number of fused-ring (bicyclic) bond motifs is 1. The van der Waals surface area contributed by atoms with Crippen molar-refractivity contribution >= 4 is 26.1 Å². The third-order valence-corrected chi connectivity index (χ3v) is 7.40. The molecule has 3 rings (SSSR count). The fourth-order valence-corrected chi connectivity index (χ4v) is 5.71. The lowest BCUT2D eigenvalue weighted by atomic mass is 10.1. The third kappa shape index (κ3) is 4.30. The van der Waals surface area contributed by atoms with Gasteiger partial charge in [0.25, 0.3) is 0 Å². The summed E-state index contributed by atoms with van der Waals surface area (Å²) in [7, 11) is -7.00. The number of ether oxygens (including phenoxy) is 1. The van der Waals surface area contributed by atoms with Crippen molar-refractivity contribution in [1.82, 2.24) is 14.6 Å². The molecular formula is C19H25N3O5S2. The topological polar surface area (TPSA) is 114 Å². The molecule has 158 valence electrons. The number of sulfone groups is 1. The number of aryl methyl sites for hydroxylation is 1. The molecule has 2 aromatic heterocycles. The maximum atomic E-state index is 13.1. The van der Waals surface area contributed by atoms with Crippen LogP contribution >= 0.6 is 11.3 Å². The number of aromatic nitrogens is 3. The summed E-state index contributed by atoms with van der Waals surface area (Å²) in [6.45, 7) is 7.62. The normalized spacial score (nSPS) is 15.2. The van der Waals surface area contributed by atoms with Gasteiger partial charge in [0.2, 0.25) is 4.96 Å². The highest BCUT2D eigenvalue weighted by atomic mass is 32.2. The van der Waals surface area contributed by atoms with Crippen LogP contribution in [0.1, 0.15) is 42.5 Å². The van der Waals surface area contributed by atoms with E-state index in [1.807, 2.05) is 0 Å². The molecule has 0 aliphatic carbocycles. The summed E-state index contributed by atoms with van der Waals surface area (Å²) in [5.74, 6) is -0.979. The monoisotopic (exact) mass is 442 g/mol. The summed E-state index contributed by atoms with van der Waals surface area (Å²) in [5, 5.41) is 25.2. The van der Waals surface area contributed by atoms with Crippen LogP contribution < -0.4 is 4.74 Å². The van der Waals surface area contributed by atoms with E-state index in [9.17, 15) is 18.6 Å². The largest absolute Gasteiger partial charge is 0.495 e. The van der Waals surface area contributed by atoms with Crippen LogP contribution in [0, 0.1) is 6.92 Å². The molecule has 0 amide bonds. The molecule has 29 heavy (non-hydrogen) atoms. The van der Waals surface area contributed by atoms with Crippen molar-refractivity contribution in [1.29, 1.82) is 0 Å². The second-order valence-corrected chi connectivity index (χ2v) is 11.0. The molecule has 2 heterocycles. The Hall–Kier alpha value is -2.01. The maximum Gasteiger partial charge on any atom is 0.213 e. The van der Waals surface area contributed by atoms with E-state index in [-0.39, 0.29) is 10.6 Å². The van der Waals surface area contributed by atoms with E-state index in [0.717, 1.165) is 0 Å². The number of rotatable bonds is 6. The maximum absolute atomic E-state index is 13.1. The zero-order valence-corrected chi connectivity index (χ0v) is 18.3. The Morgan fingerprint density at radius 2 is 1.97 bits per heavy atom. The quantitative estimate of drug-likeness (QED) is 0.603. The van der Waals surface area contributed by atoms with Crippen molar-refractivity contribution in [3.63, 3.8) is 0 Å². The van der Waals surface area contributed by atoms with Crippen LogP contribution in [0.25, 0.3) is 16.2 Å². The second kappa shape index (κ2) is 7.05. The van der Waals surface area contributed by atoms with E-state index < -0.39 is 33.8 Å². The van der Waals surface area contributed by atoms with Crippen LogP contribution in [0.3, 0.4) is 0 Å². The minimum atomic E-state index is -4.13. The SMILES string of the molecule is [2H]C([2H])([2H])Oc1ccc(-c2c(C)nc3sc(C(C)(C)O)nn23)cc1S(=O)(=O)CC(C)(C)O. The van der Waals surface area contributed by atoms with Gasteiger partial charge in [0, 0.05) is 5.56 Å². The first-order valence-electron chi connectivity index (χ1n) is 10.2. The Bertz CT molecular complexity index is 1270. The number of hydrogen-bond acceptors (Lipinski definition) is 8. The molecule has 3 aromatic rings. The molecular weight excluding hydrogens is 414 g/mol. The van der Waals surface area contributed by atoms with Gasteiger partial charge >= 0.3 is 0 Å². The average molecular weight is 443 g/mol. The van der Waals surface area contributed by atoms with Gasteiger partial charge in [0.05, 0.1) is 33.9 Å². The minimum absolute atomic E-state index is 0.341. The number of nitrogens with zero attached hydrogens (tertiary/aromatic N) is 3. The van der Waals surface area contributed by atoms with Crippen molar-refractivity contribution in [2.45, 2.75) is 50.7 Å². The Morgan fingerprint density at radius 3 is 2.55 bits per heavy atom. The molecule has 10 heteroatoms. The van der Waals surface area contributed by atoms with Gasteiger partial charge < -0.3 is 14.9 Å². The zero-order valence-electron chi connectivity index (χ0n) is 19.7. The molecule has 0 saturated carbocycles. The van der Waals surface area contributed by atoms with Gasteiger partial charge in [-0.3, -0.25) is 0 Å². The molecule has 0 bridgehead atoms. The van der Waals surface area contributed by atoms with Crippen LogP contribution in [-0.2, 0) is 15.4 Å². The van der Waals surface area contributed by atoms with Crippen molar-refractivity contribution in [3.8, 4) is 17.0 Å². The molecule has 0 fully saturated rings. The number of imidazole rings is 1. The Morgan fingerprint density at radius 1 is 1.28 bits per heavy atom. The molecule has 0 saturated heterocycles. The van der Waals surface area contributed by atoms with E-state index in [0.29, 0.717) is 26.9 Å². The molecule has 1 aromatic carbocycles. The van der Waals surface area contributed by atoms with Crippen molar-refractivity contribution in [3.05, 3.63) is 28.9 Å². The highest BCUT2D eigenvalue weighted by Crippen LogP contribution is 2.35. The molecule has 0 atom stereocenters. The van der Waals surface area contributed by atoms with E-state index in [1.165, 1.54) is 47.9 Å². The summed E-state index contributed by atoms with van der Waals surface area (Å²) < 4.78 is 54.7. The van der Waals surface area contributed by atoms with E-state index in [4.69, 9.17) is 8.85 Å². The highest BCUT2D eigenvalue weighted by molar-refractivity contribution is 7.91. The lowest BCUT2D eigenvalue weighted by molar-refractivity contribution is 0.0773. The lowest BCUT2D eigenvalue weighted by Gasteiger charge is -2.18. The zero-order chi connectivity index (χ0) is 24.3. The fraction of sp³-hybridized carbons (Fsp3) is 0.474. The first-order chi connectivity index (χ1) is 14.4. The Kier molecular flexibility index (Phi) is 4.33. The molecule has 0 radical (unpaired) electrons. The van der Waals surface area contributed by atoms with Crippen LogP contribution in [-0.4, -0.2) is 51.6 Å². The second-order valence-electron chi connectivity index (χ2n) is 8.04. The molecule has 0 unspecified atom stereocenters. The summed E-state index contributed by atoms with van der Waals surface area (Å²) in [4.78, 5) is 4.61.